The highest BCUT2D eigenvalue weighted by atomic mass is 127. The number of ether oxygens (including phenoxy) is 1. The summed E-state index contributed by atoms with van der Waals surface area (Å²) < 4.78 is 18.6. The van der Waals surface area contributed by atoms with Crippen LogP contribution in [0.2, 0.25) is 0 Å². The number of piperazine rings is 1. The van der Waals surface area contributed by atoms with Crippen molar-refractivity contribution in [3.63, 3.8) is 0 Å². The lowest BCUT2D eigenvalue weighted by Gasteiger charge is -2.36. The second kappa shape index (κ2) is 15.2. The number of amides is 1. The second-order valence-corrected chi connectivity index (χ2v) is 7.81. The Labute approximate surface area is 202 Å². The summed E-state index contributed by atoms with van der Waals surface area (Å²) in [4.78, 5) is 20.7. The maximum absolute atomic E-state index is 13.1. The fraction of sp³-hybridized carbons (Fsp3) is 0.636. The summed E-state index contributed by atoms with van der Waals surface area (Å²) in [7, 11) is 1.71. The van der Waals surface area contributed by atoms with Gasteiger partial charge in [-0.05, 0) is 36.6 Å². The number of carbonyl (C=O) groups excluding carboxylic acids is 1. The third-order valence-corrected chi connectivity index (χ3v) is 5.06. The molecule has 176 valence electrons. The fourth-order valence-corrected chi connectivity index (χ4v) is 3.20. The Hall–Kier alpha value is -1.62. The van der Waals surface area contributed by atoms with E-state index in [0.29, 0.717) is 51.1 Å². The Bertz CT molecular complexity index is 664. The first-order chi connectivity index (χ1) is 14.5. The molecule has 1 fully saturated rings. The summed E-state index contributed by atoms with van der Waals surface area (Å²) >= 11 is 0. The topological polar surface area (TPSA) is 69.2 Å². The lowest BCUT2D eigenvalue weighted by atomic mass is 10.1. The van der Waals surface area contributed by atoms with Crippen LogP contribution in [-0.2, 0) is 9.53 Å². The lowest BCUT2D eigenvalue weighted by molar-refractivity contribution is -0.131. The van der Waals surface area contributed by atoms with Crippen molar-refractivity contribution in [1.29, 1.82) is 0 Å². The molecule has 0 aliphatic carbocycles. The van der Waals surface area contributed by atoms with Crippen molar-refractivity contribution in [2.75, 3.05) is 64.4 Å². The number of hydrogen-bond acceptors (Lipinski definition) is 4. The van der Waals surface area contributed by atoms with E-state index in [1.165, 1.54) is 12.1 Å². The SMILES string of the molecule is CN=C(NCCOCCC(C)C)NCCC(=O)N1CCN(c2ccc(F)cc2)CC1.I. The molecule has 1 amide bonds. The Kier molecular flexibility index (Phi) is 13.5. The van der Waals surface area contributed by atoms with Gasteiger partial charge in [0, 0.05) is 65.0 Å². The second-order valence-electron chi connectivity index (χ2n) is 7.81. The van der Waals surface area contributed by atoms with Gasteiger partial charge in [0.25, 0.3) is 0 Å². The van der Waals surface area contributed by atoms with Gasteiger partial charge in [0.2, 0.25) is 5.91 Å². The molecule has 31 heavy (non-hydrogen) atoms. The zero-order valence-corrected chi connectivity index (χ0v) is 21.2. The van der Waals surface area contributed by atoms with Crippen LogP contribution in [0.25, 0.3) is 0 Å². The van der Waals surface area contributed by atoms with Crippen LogP contribution in [0.1, 0.15) is 26.7 Å². The molecule has 0 saturated carbocycles. The number of benzene rings is 1. The van der Waals surface area contributed by atoms with Gasteiger partial charge in [-0.25, -0.2) is 4.39 Å². The summed E-state index contributed by atoms with van der Waals surface area (Å²) in [5.74, 6) is 1.23. The number of guanidine groups is 1. The number of aliphatic imine (C=N–C) groups is 1. The van der Waals surface area contributed by atoms with E-state index in [0.717, 1.165) is 31.8 Å². The van der Waals surface area contributed by atoms with Crippen LogP contribution in [0.5, 0.6) is 0 Å². The highest BCUT2D eigenvalue weighted by molar-refractivity contribution is 14.0. The van der Waals surface area contributed by atoms with Crippen molar-refractivity contribution in [2.24, 2.45) is 10.9 Å². The zero-order chi connectivity index (χ0) is 21.8. The summed E-state index contributed by atoms with van der Waals surface area (Å²) in [5.41, 5.74) is 0.994. The smallest absolute Gasteiger partial charge is 0.224 e. The fourth-order valence-electron chi connectivity index (χ4n) is 3.20. The van der Waals surface area contributed by atoms with E-state index < -0.39 is 0 Å². The van der Waals surface area contributed by atoms with E-state index in [4.69, 9.17) is 4.74 Å². The van der Waals surface area contributed by atoms with Gasteiger partial charge in [-0.15, -0.1) is 24.0 Å². The molecule has 1 saturated heterocycles. The van der Waals surface area contributed by atoms with Crippen molar-refractivity contribution in [3.8, 4) is 0 Å². The third kappa shape index (κ3) is 10.5. The average Bonchev–Trinajstić information content (AvgIpc) is 2.75. The lowest BCUT2D eigenvalue weighted by Crippen LogP contribution is -2.49. The molecule has 9 heteroatoms. The summed E-state index contributed by atoms with van der Waals surface area (Å²) in [5, 5.41) is 6.37. The zero-order valence-electron chi connectivity index (χ0n) is 18.9. The largest absolute Gasteiger partial charge is 0.380 e. The normalized spacial score (nSPS) is 14.4. The monoisotopic (exact) mass is 549 g/mol. The number of hydrogen-bond donors (Lipinski definition) is 2. The summed E-state index contributed by atoms with van der Waals surface area (Å²) in [6.45, 7) is 9.84. The standard InChI is InChI=1S/C22H36FN5O2.HI/c1-18(2)9-16-30-17-11-26-22(24-3)25-10-8-21(29)28-14-12-27(13-15-28)20-6-4-19(23)5-7-20;/h4-7,18H,8-17H2,1-3H3,(H2,24,25,26);1H. The van der Waals surface area contributed by atoms with E-state index in [9.17, 15) is 9.18 Å². The molecule has 1 heterocycles. The Morgan fingerprint density at radius 3 is 2.35 bits per heavy atom. The molecule has 0 bridgehead atoms. The number of rotatable bonds is 10. The third-order valence-electron chi connectivity index (χ3n) is 5.06. The predicted molar refractivity (Wildman–Crippen MR) is 135 cm³/mol. The molecule has 0 aromatic heterocycles. The van der Waals surface area contributed by atoms with E-state index in [1.807, 2.05) is 4.90 Å². The molecular formula is C22H37FIN5O2. The van der Waals surface area contributed by atoms with Gasteiger partial charge in [-0.2, -0.15) is 0 Å². The van der Waals surface area contributed by atoms with Gasteiger partial charge < -0.3 is 25.2 Å². The van der Waals surface area contributed by atoms with E-state index in [2.05, 4.69) is 34.4 Å². The first-order valence-electron chi connectivity index (χ1n) is 10.8. The van der Waals surface area contributed by atoms with E-state index >= 15 is 0 Å². The molecule has 0 unspecified atom stereocenters. The minimum atomic E-state index is -0.233. The van der Waals surface area contributed by atoms with Gasteiger partial charge >= 0.3 is 0 Å². The molecule has 1 aliphatic heterocycles. The van der Waals surface area contributed by atoms with Crippen molar-refractivity contribution in [1.82, 2.24) is 15.5 Å². The summed E-state index contributed by atoms with van der Waals surface area (Å²) in [6, 6.07) is 6.50. The van der Waals surface area contributed by atoms with Crippen LogP contribution in [0.4, 0.5) is 10.1 Å². The number of carbonyl (C=O) groups is 1. The molecule has 1 aromatic rings. The Morgan fingerprint density at radius 2 is 1.74 bits per heavy atom. The molecule has 2 N–H and O–H groups in total. The molecule has 0 spiro atoms. The van der Waals surface area contributed by atoms with Crippen molar-refractivity contribution >= 4 is 41.5 Å². The van der Waals surface area contributed by atoms with Crippen LogP contribution in [0, 0.1) is 11.7 Å². The molecule has 1 aliphatic rings. The number of anilines is 1. The number of nitrogens with zero attached hydrogens (tertiary/aromatic N) is 3. The van der Waals surface area contributed by atoms with Crippen molar-refractivity contribution in [3.05, 3.63) is 30.1 Å². The Balaban J connectivity index is 0.00000480. The van der Waals surface area contributed by atoms with E-state index in [1.54, 1.807) is 19.2 Å². The quantitative estimate of drug-likeness (QED) is 0.203. The molecular weight excluding hydrogens is 512 g/mol. The predicted octanol–water partition coefficient (Wildman–Crippen LogP) is 2.71. The molecule has 2 rings (SSSR count). The van der Waals surface area contributed by atoms with Crippen molar-refractivity contribution in [2.45, 2.75) is 26.7 Å². The molecule has 7 nitrogen and oxygen atoms in total. The van der Waals surface area contributed by atoms with Gasteiger partial charge in [0.1, 0.15) is 5.82 Å². The van der Waals surface area contributed by atoms with Crippen molar-refractivity contribution < 1.29 is 13.9 Å². The van der Waals surface area contributed by atoms with Gasteiger partial charge in [0.05, 0.1) is 6.61 Å². The highest BCUT2D eigenvalue weighted by Gasteiger charge is 2.21. The summed E-state index contributed by atoms with van der Waals surface area (Å²) in [6.07, 6.45) is 1.48. The first kappa shape index (κ1) is 27.4. The van der Waals surface area contributed by atoms with Crippen LogP contribution in [0.3, 0.4) is 0 Å². The van der Waals surface area contributed by atoms with Crippen LogP contribution < -0.4 is 15.5 Å². The van der Waals surface area contributed by atoms with Crippen LogP contribution >= 0.6 is 24.0 Å². The van der Waals surface area contributed by atoms with Gasteiger partial charge in [0.15, 0.2) is 5.96 Å². The Morgan fingerprint density at radius 1 is 1.10 bits per heavy atom. The number of nitrogens with one attached hydrogen (secondary N) is 2. The van der Waals surface area contributed by atoms with Gasteiger partial charge in [-0.3, -0.25) is 9.79 Å². The average molecular weight is 549 g/mol. The minimum absolute atomic E-state index is 0. The minimum Gasteiger partial charge on any atom is -0.380 e. The van der Waals surface area contributed by atoms with Crippen LogP contribution in [-0.4, -0.2) is 76.3 Å². The molecule has 1 aromatic carbocycles. The number of halogens is 2. The maximum Gasteiger partial charge on any atom is 0.224 e. The first-order valence-corrected chi connectivity index (χ1v) is 10.8. The maximum atomic E-state index is 13.1. The molecule has 0 radical (unpaired) electrons. The van der Waals surface area contributed by atoms with Gasteiger partial charge in [-0.1, -0.05) is 13.8 Å². The van der Waals surface area contributed by atoms with Crippen LogP contribution in [0.15, 0.2) is 29.3 Å². The molecule has 0 atom stereocenters. The highest BCUT2D eigenvalue weighted by Crippen LogP contribution is 2.17. The van der Waals surface area contributed by atoms with E-state index in [-0.39, 0.29) is 35.7 Å².